The zero-order chi connectivity index (χ0) is 14.8. The van der Waals surface area contributed by atoms with Crippen LogP contribution in [0.15, 0.2) is 30.3 Å². The molecule has 0 bridgehead atoms. The fourth-order valence-corrected chi connectivity index (χ4v) is 2.24. The topological polar surface area (TPSA) is 50.1 Å². The Kier molecular flexibility index (Phi) is 4.26. The minimum absolute atomic E-state index is 0.558. The van der Waals surface area contributed by atoms with Crippen LogP contribution in [0, 0.1) is 13.8 Å². The SMILES string of the molecule is Cc1nn(-c2ccccc2)c(C)c1CNCC(C)(C)O. The molecule has 0 saturated carbocycles. The second-order valence-corrected chi connectivity index (χ2v) is 5.81. The zero-order valence-electron chi connectivity index (χ0n) is 12.6. The fraction of sp³-hybridized carbons (Fsp3) is 0.438. The standard InChI is InChI=1S/C16H23N3O/c1-12-15(10-17-11-16(3,4)20)13(2)19(18-12)14-8-6-5-7-9-14/h5-9,17,20H,10-11H2,1-4H3. The summed E-state index contributed by atoms with van der Waals surface area (Å²) in [7, 11) is 0. The lowest BCUT2D eigenvalue weighted by Crippen LogP contribution is -2.34. The van der Waals surface area contributed by atoms with Crippen LogP contribution in [0.25, 0.3) is 5.69 Å². The van der Waals surface area contributed by atoms with E-state index in [1.165, 1.54) is 5.56 Å². The van der Waals surface area contributed by atoms with Crippen LogP contribution in [0.3, 0.4) is 0 Å². The predicted octanol–water partition coefficient (Wildman–Crippen LogP) is 2.35. The van der Waals surface area contributed by atoms with Crippen molar-refractivity contribution in [3.63, 3.8) is 0 Å². The first kappa shape index (κ1) is 14.8. The average molecular weight is 273 g/mol. The lowest BCUT2D eigenvalue weighted by atomic mass is 10.1. The van der Waals surface area contributed by atoms with Gasteiger partial charge in [-0.15, -0.1) is 0 Å². The van der Waals surface area contributed by atoms with E-state index in [4.69, 9.17) is 0 Å². The molecule has 0 aliphatic rings. The van der Waals surface area contributed by atoms with Crippen LogP contribution in [0.5, 0.6) is 0 Å². The number of aliphatic hydroxyl groups is 1. The normalized spacial score (nSPS) is 11.8. The Morgan fingerprint density at radius 1 is 1.20 bits per heavy atom. The van der Waals surface area contributed by atoms with Crippen molar-refractivity contribution in [2.24, 2.45) is 0 Å². The van der Waals surface area contributed by atoms with E-state index >= 15 is 0 Å². The lowest BCUT2D eigenvalue weighted by Gasteiger charge is -2.17. The summed E-state index contributed by atoms with van der Waals surface area (Å²) in [4.78, 5) is 0. The van der Waals surface area contributed by atoms with Crippen LogP contribution in [0.2, 0.25) is 0 Å². The van der Waals surface area contributed by atoms with Crippen LogP contribution in [0.4, 0.5) is 0 Å². The predicted molar refractivity (Wildman–Crippen MR) is 81.0 cm³/mol. The van der Waals surface area contributed by atoms with Gasteiger partial charge in [0.25, 0.3) is 0 Å². The summed E-state index contributed by atoms with van der Waals surface area (Å²) in [6.45, 7) is 8.97. The number of benzene rings is 1. The Balaban J connectivity index is 2.18. The van der Waals surface area contributed by atoms with Crippen molar-refractivity contribution in [3.05, 3.63) is 47.3 Å². The van der Waals surface area contributed by atoms with Gasteiger partial charge >= 0.3 is 0 Å². The summed E-state index contributed by atoms with van der Waals surface area (Å²) in [5, 5.41) is 17.6. The maximum Gasteiger partial charge on any atom is 0.0715 e. The van der Waals surface area contributed by atoms with Gasteiger partial charge in [-0.1, -0.05) is 18.2 Å². The Morgan fingerprint density at radius 3 is 2.45 bits per heavy atom. The van der Waals surface area contributed by atoms with Gasteiger partial charge in [0.2, 0.25) is 0 Å². The minimum Gasteiger partial charge on any atom is -0.389 e. The van der Waals surface area contributed by atoms with Crippen molar-refractivity contribution in [1.29, 1.82) is 0 Å². The number of rotatable bonds is 5. The number of aromatic nitrogens is 2. The number of nitrogens with zero attached hydrogens (tertiary/aromatic N) is 2. The molecule has 1 aromatic carbocycles. The largest absolute Gasteiger partial charge is 0.389 e. The number of hydrogen-bond acceptors (Lipinski definition) is 3. The number of para-hydroxylation sites is 1. The minimum atomic E-state index is -0.697. The van der Waals surface area contributed by atoms with Crippen molar-refractivity contribution < 1.29 is 5.11 Å². The molecule has 108 valence electrons. The molecule has 4 nitrogen and oxygen atoms in total. The van der Waals surface area contributed by atoms with Gasteiger partial charge in [-0.05, 0) is 39.8 Å². The van der Waals surface area contributed by atoms with E-state index in [9.17, 15) is 5.11 Å². The lowest BCUT2D eigenvalue weighted by molar-refractivity contribution is 0.0794. The van der Waals surface area contributed by atoms with Crippen LogP contribution in [-0.2, 0) is 6.54 Å². The van der Waals surface area contributed by atoms with Gasteiger partial charge in [-0.2, -0.15) is 5.10 Å². The molecule has 1 heterocycles. The van der Waals surface area contributed by atoms with Gasteiger partial charge < -0.3 is 10.4 Å². The summed E-state index contributed by atoms with van der Waals surface area (Å²) in [6.07, 6.45) is 0. The van der Waals surface area contributed by atoms with E-state index in [-0.39, 0.29) is 0 Å². The quantitative estimate of drug-likeness (QED) is 0.879. The maximum atomic E-state index is 9.73. The second-order valence-electron chi connectivity index (χ2n) is 5.81. The molecule has 1 aromatic heterocycles. The Labute approximate surface area is 120 Å². The van der Waals surface area contributed by atoms with Gasteiger partial charge in [0, 0.05) is 24.3 Å². The van der Waals surface area contributed by atoms with Crippen LogP contribution in [-0.4, -0.2) is 27.0 Å². The molecule has 0 amide bonds. The van der Waals surface area contributed by atoms with Gasteiger partial charge in [0.15, 0.2) is 0 Å². The van der Waals surface area contributed by atoms with Crippen molar-refractivity contribution in [2.75, 3.05) is 6.54 Å². The second kappa shape index (κ2) is 5.77. The highest BCUT2D eigenvalue weighted by Gasteiger charge is 2.15. The van der Waals surface area contributed by atoms with Crippen LogP contribution < -0.4 is 5.32 Å². The number of aryl methyl sites for hydroxylation is 1. The highest BCUT2D eigenvalue weighted by atomic mass is 16.3. The molecule has 2 N–H and O–H groups in total. The van der Waals surface area contributed by atoms with Crippen LogP contribution >= 0.6 is 0 Å². The first-order valence-corrected chi connectivity index (χ1v) is 6.92. The van der Waals surface area contributed by atoms with E-state index in [0.29, 0.717) is 13.1 Å². The molecule has 2 aromatic rings. The molecular weight excluding hydrogens is 250 g/mol. The highest BCUT2D eigenvalue weighted by molar-refractivity contribution is 5.36. The van der Waals surface area contributed by atoms with Crippen LogP contribution in [0.1, 0.15) is 30.8 Å². The molecular formula is C16H23N3O. The van der Waals surface area contributed by atoms with Gasteiger partial charge in [-0.25, -0.2) is 4.68 Å². The number of nitrogens with one attached hydrogen (secondary N) is 1. The Bertz CT molecular complexity index is 567. The van der Waals surface area contributed by atoms with Crippen molar-refractivity contribution >= 4 is 0 Å². The molecule has 0 atom stereocenters. The molecule has 0 radical (unpaired) electrons. The molecule has 0 unspecified atom stereocenters. The Hall–Kier alpha value is -1.65. The number of hydrogen-bond donors (Lipinski definition) is 2. The average Bonchev–Trinajstić information content (AvgIpc) is 2.66. The smallest absolute Gasteiger partial charge is 0.0715 e. The highest BCUT2D eigenvalue weighted by Crippen LogP contribution is 2.17. The molecule has 20 heavy (non-hydrogen) atoms. The van der Waals surface area contributed by atoms with E-state index in [2.05, 4.69) is 17.3 Å². The summed E-state index contributed by atoms with van der Waals surface area (Å²) in [6, 6.07) is 10.1. The van der Waals surface area contributed by atoms with Crippen molar-refractivity contribution in [2.45, 2.75) is 39.8 Å². The third kappa shape index (κ3) is 3.46. The molecule has 0 fully saturated rings. The molecule has 4 heteroatoms. The van der Waals surface area contributed by atoms with Gasteiger partial charge in [0.1, 0.15) is 0 Å². The van der Waals surface area contributed by atoms with Gasteiger partial charge in [0.05, 0.1) is 17.0 Å². The summed E-state index contributed by atoms with van der Waals surface area (Å²) in [5.41, 5.74) is 3.73. The molecule has 0 aliphatic carbocycles. The first-order chi connectivity index (χ1) is 9.38. The molecule has 0 aliphatic heterocycles. The summed E-state index contributed by atoms with van der Waals surface area (Å²) >= 11 is 0. The van der Waals surface area contributed by atoms with E-state index in [1.807, 2.05) is 41.9 Å². The third-order valence-corrected chi connectivity index (χ3v) is 3.30. The molecule has 0 saturated heterocycles. The van der Waals surface area contributed by atoms with Crippen molar-refractivity contribution in [3.8, 4) is 5.69 Å². The monoisotopic (exact) mass is 273 g/mol. The summed E-state index contributed by atoms with van der Waals surface area (Å²) in [5.74, 6) is 0. The van der Waals surface area contributed by atoms with Gasteiger partial charge in [-0.3, -0.25) is 0 Å². The fourth-order valence-electron chi connectivity index (χ4n) is 2.24. The molecule has 0 spiro atoms. The Morgan fingerprint density at radius 2 is 1.85 bits per heavy atom. The van der Waals surface area contributed by atoms with Crippen molar-refractivity contribution in [1.82, 2.24) is 15.1 Å². The first-order valence-electron chi connectivity index (χ1n) is 6.92. The summed E-state index contributed by atoms with van der Waals surface area (Å²) < 4.78 is 1.97. The van der Waals surface area contributed by atoms with E-state index in [0.717, 1.165) is 17.1 Å². The van der Waals surface area contributed by atoms with E-state index < -0.39 is 5.60 Å². The third-order valence-electron chi connectivity index (χ3n) is 3.30. The zero-order valence-corrected chi connectivity index (χ0v) is 12.6. The maximum absolute atomic E-state index is 9.73. The molecule has 2 rings (SSSR count). The van der Waals surface area contributed by atoms with E-state index in [1.54, 1.807) is 13.8 Å².